The number of hydrogen-bond acceptors (Lipinski definition) is 5. The summed E-state index contributed by atoms with van der Waals surface area (Å²) in [6.07, 6.45) is 2.81. The van der Waals surface area contributed by atoms with Crippen molar-refractivity contribution in [2.75, 3.05) is 42.9 Å². The van der Waals surface area contributed by atoms with Crippen LogP contribution in [0.3, 0.4) is 0 Å². The lowest BCUT2D eigenvalue weighted by Gasteiger charge is -2.21. The Balaban J connectivity index is 2.01. The highest BCUT2D eigenvalue weighted by Crippen LogP contribution is 2.15. The molecule has 1 aromatic heterocycles. The molecule has 0 spiro atoms. The molecule has 0 atom stereocenters. The van der Waals surface area contributed by atoms with Crippen LogP contribution in [0, 0.1) is 5.92 Å². The van der Waals surface area contributed by atoms with E-state index in [1.54, 1.807) is 6.33 Å². The molecule has 0 saturated carbocycles. The lowest BCUT2D eigenvalue weighted by molar-refractivity contribution is 0.686. The van der Waals surface area contributed by atoms with E-state index in [1.807, 2.05) is 6.07 Å². The van der Waals surface area contributed by atoms with Gasteiger partial charge >= 0.3 is 0 Å². The van der Waals surface area contributed by atoms with E-state index in [2.05, 4.69) is 39.3 Å². The van der Waals surface area contributed by atoms with Gasteiger partial charge in [-0.1, -0.05) is 13.8 Å². The van der Waals surface area contributed by atoms with Crippen LogP contribution in [0.25, 0.3) is 0 Å². The predicted molar refractivity (Wildman–Crippen MR) is 75.1 cm³/mol. The molecule has 2 rings (SSSR count). The summed E-state index contributed by atoms with van der Waals surface area (Å²) in [5.74, 6) is 2.57. The minimum atomic E-state index is 0.616. The molecule has 100 valence electrons. The monoisotopic (exact) mass is 249 g/mol. The molecule has 1 fully saturated rings. The normalized spacial score (nSPS) is 16.7. The van der Waals surface area contributed by atoms with Crippen molar-refractivity contribution in [2.45, 2.75) is 20.3 Å². The van der Waals surface area contributed by atoms with Crippen molar-refractivity contribution in [3.05, 3.63) is 12.4 Å². The standard InChI is InChI=1S/C13H23N5/c1-11(2)9-15-12-8-13(17-10-16-12)18-6-3-4-14-5-7-18/h8,10-11,14H,3-7,9H2,1-2H3,(H,15,16,17). The smallest absolute Gasteiger partial charge is 0.134 e. The van der Waals surface area contributed by atoms with Crippen molar-refractivity contribution >= 4 is 11.6 Å². The summed E-state index contributed by atoms with van der Waals surface area (Å²) in [5.41, 5.74) is 0. The number of nitrogens with one attached hydrogen (secondary N) is 2. The van der Waals surface area contributed by atoms with E-state index in [4.69, 9.17) is 0 Å². The largest absolute Gasteiger partial charge is 0.370 e. The molecule has 0 aliphatic carbocycles. The Bertz CT molecular complexity index is 358. The van der Waals surface area contributed by atoms with E-state index < -0.39 is 0 Å². The Labute approximate surface area is 109 Å². The zero-order chi connectivity index (χ0) is 12.8. The van der Waals surface area contributed by atoms with E-state index in [9.17, 15) is 0 Å². The van der Waals surface area contributed by atoms with Crippen molar-refractivity contribution in [1.82, 2.24) is 15.3 Å². The van der Waals surface area contributed by atoms with Gasteiger partial charge in [0.05, 0.1) is 0 Å². The minimum Gasteiger partial charge on any atom is -0.370 e. The van der Waals surface area contributed by atoms with Gasteiger partial charge in [0.25, 0.3) is 0 Å². The molecule has 18 heavy (non-hydrogen) atoms. The first-order valence-corrected chi connectivity index (χ1v) is 6.77. The highest BCUT2D eigenvalue weighted by molar-refractivity contribution is 5.48. The third kappa shape index (κ3) is 3.84. The van der Waals surface area contributed by atoms with E-state index in [0.717, 1.165) is 44.4 Å². The molecule has 2 N–H and O–H groups in total. The first-order chi connectivity index (χ1) is 8.75. The molecule has 5 heteroatoms. The van der Waals surface area contributed by atoms with Crippen molar-refractivity contribution in [3.63, 3.8) is 0 Å². The van der Waals surface area contributed by atoms with Crippen LogP contribution in [0.15, 0.2) is 12.4 Å². The average molecular weight is 249 g/mol. The number of anilines is 2. The maximum atomic E-state index is 4.38. The fourth-order valence-corrected chi connectivity index (χ4v) is 2.00. The maximum absolute atomic E-state index is 4.38. The lowest BCUT2D eigenvalue weighted by Crippen LogP contribution is -2.28. The third-order valence-corrected chi connectivity index (χ3v) is 3.01. The van der Waals surface area contributed by atoms with E-state index >= 15 is 0 Å². The molecule has 5 nitrogen and oxygen atoms in total. The predicted octanol–water partition coefficient (Wildman–Crippen LogP) is 1.34. The fraction of sp³-hybridized carbons (Fsp3) is 0.692. The second-order valence-corrected chi connectivity index (χ2v) is 5.13. The molecular weight excluding hydrogens is 226 g/mol. The molecule has 1 aliphatic rings. The Morgan fingerprint density at radius 1 is 1.33 bits per heavy atom. The second-order valence-electron chi connectivity index (χ2n) is 5.13. The number of hydrogen-bond donors (Lipinski definition) is 2. The third-order valence-electron chi connectivity index (χ3n) is 3.01. The quantitative estimate of drug-likeness (QED) is 0.843. The summed E-state index contributed by atoms with van der Waals surface area (Å²) in [4.78, 5) is 11.0. The number of rotatable bonds is 4. The zero-order valence-electron chi connectivity index (χ0n) is 11.3. The highest BCUT2D eigenvalue weighted by Gasteiger charge is 2.11. The Kier molecular flexibility index (Phi) is 4.75. The first kappa shape index (κ1) is 13.1. The molecule has 1 aromatic rings. The molecule has 0 amide bonds. The van der Waals surface area contributed by atoms with Gasteiger partial charge in [0.2, 0.25) is 0 Å². The number of aromatic nitrogens is 2. The second kappa shape index (κ2) is 6.54. The Morgan fingerprint density at radius 3 is 3.06 bits per heavy atom. The van der Waals surface area contributed by atoms with Gasteiger partial charge < -0.3 is 15.5 Å². The van der Waals surface area contributed by atoms with Gasteiger partial charge in [0.1, 0.15) is 18.0 Å². The van der Waals surface area contributed by atoms with Crippen LogP contribution in [0.1, 0.15) is 20.3 Å². The van der Waals surface area contributed by atoms with E-state index in [0.29, 0.717) is 5.92 Å². The van der Waals surface area contributed by atoms with Crippen molar-refractivity contribution in [2.24, 2.45) is 5.92 Å². The van der Waals surface area contributed by atoms with Gasteiger partial charge in [-0.2, -0.15) is 0 Å². The van der Waals surface area contributed by atoms with Crippen molar-refractivity contribution < 1.29 is 0 Å². The Hall–Kier alpha value is -1.36. The summed E-state index contributed by atoms with van der Waals surface area (Å²) in [6, 6.07) is 2.05. The van der Waals surface area contributed by atoms with Gasteiger partial charge in [0.15, 0.2) is 0 Å². The van der Waals surface area contributed by atoms with Gasteiger partial charge in [-0.15, -0.1) is 0 Å². The van der Waals surface area contributed by atoms with Crippen LogP contribution < -0.4 is 15.5 Å². The van der Waals surface area contributed by atoms with Gasteiger partial charge in [-0.25, -0.2) is 9.97 Å². The molecule has 0 aromatic carbocycles. The van der Waals surface area contributed by atoms with Crippen LogP contribution >= 0.6 is 0 Å². The lowest BCUT2D eigenvalue weighted by atomic mass is 10.2. The maximum Gasteiger partial charge on any atom is 0.134 e. The summed E-state index contributed by atoms with van der Waals surface area (Å²) in [5, 5.41) is 6.75. The average Bonchev–Trinajstić information content (AvgIpc) is 2.65. The van der Waals surface area contributed by atoms with Crippen LogP contribution in [0.4, 0.5) is 11.6 Å². The number of nitrogens with zero attached hydrogens (tertiary/aromatic N) is 3. The van der Waals surface area contributed by atoms with Crippen molar-refractivity contribution in [1.29, 1.82) is 0 Å². The first-order valence-electron chi connectivity index (χ1n) is 6.77. The van der Waals surface area contributed by atoms with Gasteiger partial charge in [-0.3, -0.25) is 0 Å². The van der Waals surface area contributed by atoms with E-state index in [-0.39, 0.29) is 0 Å². The minimum absolute atomic E-state index is 0.616. The summed E-state index contributed by atoms with van der Waals surface area (Å²) in [6.45, 7) is 9.52. The molecular formula is C13H23N5. The van der Waals surface area contributed by atoms with Gasteiger partial charge in [-0.05, 0) is 18.9 Å². The molecule has 0 radical (unpaired) electrons. The van der Waals surface area contributed by atoms with Crippen LogP contribution in [-0.2, 0) is 0 Å². The molecule has 0 unspecified atom stereocenters. The fourth-order valence-electron chi connectivity index (χ4n) is 2.00. The molecule has 2 heterocycles. The van der Waals surface area contributed by atoms with Crippen LogP contribution in [0.2, 0.25) is 0 Å². The zero-order valence-corrected chi connectivity index (χ0v) is 11.3. The molecule has 1 saturated heterocycles. The topological polar surface area (TPSA) is 53.1 Å². The summed E-state index contributed by atoms with van der Waals surface area (Å²) in [7, 11) is 0. The molecule has 1 aliphatic heterocycles. The SMILES string of the molecule is CC(C)CNc1cc(N2CCCNCC2)ncn1. The highest BCUT2D eigenvalue weighted by atomic mass is 15.2. The van der Waals surface area contributed by atoms with Gasteiger partial charge in [0, 0.05) is 32.2 Å². The summed E-state index contributed by atoms with van der Waals surface area (Å²) < 4.78 is 0. The van der Waals surface area contributed by atoms with Crippen molar-refractivity contribution in [3.8, 4) is 0 Å². The molecule has 0 bridgehead atoms. The Morgan fingerprint density at radius 2 is 2.22 bits per heavy atom. The summed E-state index contributed by atoms with van der Waals surface area (Å²) >= 11 is 0. The van der Waals surface area contributed by atoms with Crippen LogP contribution in [-0.4, -0.2) is 42.7 Å². The van der Waals surface area contributed by atoms with Crippen LogP contribution in [0.5, 0.6) is 0 Å². The van der Waals surface area contributed by atoms with E-state index in [1.165, 1.54) is 6.42 Å².